The second-order valence-electron chi connectivity index (χ2n) is 3.84. The maximum atomic E-state index is 12.0. The Morgan fingerprint density at radius 1 is 1.39 bits per heavy atom. The number of nitrogens with one attached hydrogen (secondary N) is 2. The lowest BCUT2D eigenvalue weighted by molar-refractivity contribution is -0.135. The van der Waals surface area contributed by atoms with E-state index in [1.165, 1.54) is 0 Å². The average molecular weight is 268 g/mol. The van der Waals surface area contributed by atoms with E-state index in [1.807, 2.05) is 4.72 Å². The van der Waals surface area contributed by atoms with Crippen LogP contribution in [0.25, 0.3) is 10.9 Å². The number of aliphatic carboxylic acids is 1. The van der Waals surface area contributed by atoms with Gasteiger partial charge in [0.15, 0.2) is 0 Å². The number of aromatic nitrogens is 1. The van der Waals surface area contributed by atoms with Crippen LogP contribution in [0.15, 0.2) is 29.2 Å². The summed E-state index contributed by atoms with van der Waals surface area (Å²) >= 11 is 0. The van der Waals surface area contributed by atoms with Crippen LogP contribution in [0, 0.1) is 6.92 Å². The Kier molecular flexibility index (Phi) is 3.10. The maximum Gasteiger partial charge on any atom is 0.318 e. The van der Waals surface area contributed by atoms with Crippen LogP contribution in [0.3, 0.4) is 0 Å². The summed E-state index contributed by atoms with van der Waals surface area (Å²) < 4.78 is 26.1. The number of rotatable bonds is 4. The number of sulfonamides is 1. The molecule has 0 saturated heterocycles. The lowest BCUT2D eigenvalue weighted by Crippen LogP contribution is -2.29. The molecule has 2 aromatic rings. The van der Waals surface area contributed by atoms with E-state index in [1.54, 1.807) is 31.2 Å². The van der Waals surface area contributed by atoms with Gasteiger partial charge in [-0.15, -0.1) is 0 Å². The third-order valence-electron chi connectivity index (χ3n) is 2.52. The fourth-order valence-corrected chi connectivity index (χ4v) is 3.21. The zero-order valence-electron chi connectivity index (χ0n) is 9.60. The third kappa shape index (κ3) is 2.22. The Bertz CT molecular complexity index is 703. The van der Waals surface area contributed by atoms with Crippen LogP contribution in [0.4, 0.5) is 0 Å². The molecular weight excluding hydrogens is 256 g/mol. The van der Waals surface area contributed by atoms with Gasteiger partial charge in [-0.1, -0.05) is 18.2 Å². The van der Waals surface area contributed by atoms with E-state index in [0.29, 0.717) is 16.6 Å². The van der Waals surface area contributed by atoms with Crippen molar-refractivity contribution in [1.29, 1.82) is 0 Å². The van der Waals surface area contributed by atoms with E-state index in [2.05, 4.69) is 4.98 Å². The minimum atomic E-state index is -3.83. The van der Waals surface area contributed by atoms with E-state index >= 15 is 0 Å². The fourth-order valence-electron chi connectivity index (χ4n) is 1.83. The highest BCUT2D eigenvalue weighted by Gasteiger charge is 2.22. The highest BCUT2D eigenvalue weighted by atomic mass is 32.2. The Labute approximate surface area is 104 Å². The molecule has 0 saturated carbocycles. The molecule has 0 radical (unpaired) electrons. The van der Waals surface area contributed by atoms with Crippen molar-refractivity contribution in [2.24, 2.45) is 0 Å². The summed E-state index contributed by atoms with van der Waals surface area (Å²) in [6, 6.07) is 6.96. The number of benzene rings is 1. The minimum Gasteiger partial charge on any atom is -0.480 e. The van der Waals surface area contributed by atoms with Crippen LogP contribution in [-0.2, 0) is 14.8 Å². The van der Waals surface area contributed by atoms with Gasteiger partial charge in [0.1, 0.15) is 11.4 Å². The first-order chi connectivity index (χ1) is 8.42. The average Bonchev–Trinajstić information content (AvgIpc) is 2.63. The highest BCUT2D eigenvalue weighted by molar-refractivity contribution is 7.89. The van der Waals surface area contributed by atoms with Crippen LogP contribution < -0.4 is 4.72 Å². The predicted octanol–water partition coefficient (Wildman–Crippen LogP) is 0.839. The van der Waals surface area contributed by atoms with Crippen molar-refractivity contribution in [2.75, 3.05) is 6.54 Å². The second-order valence-corrected chi connectivity index (χ2v) is 5.55. The molecule has 6 nitrogen and oxygen atoms in total. The summed E-state index contributed by atoms with van der Waals surface area (Å²) in [5.74, 6) is -1.23. The monoisotopic (exact) mass is 268 g/mol. The number of carboxylic acids is 1. The molecule has 3 N–H and O–H groups in total. The molecule has 0 spiro atoms. The van der Waals surface area contributed by atoms with Crippen LogP contribution in [0.5, 0.6) is 0 Å². The number of aromatic amines is 1. The van der Waals surface area contributed by atoms with Crippen LogP contribution in [-0.4, -0.2) is 31.0 Å². The van der Waals surface area contributed by atoms with E-state index in [9.17, 15) is 13.2 Å². The largest absolute Gasteiger partial charge is 0.480 e. The molecule has 0 aliphatic carbocycles. The van der Waals surface area contributed by atoms with Gasteiger partial charge in [0.2, 0.25) is 10.0 Å². The zero-order valence-corrected chi connectivity index (χ0v) is 10.4. The van der Waals surface area contributed by atoms with Crippen molar-refractivity contribution in [2.45, 2.75) is 11.8 Å². The van der Waals surface area contributed by atoms with Gasteiger partial charge in [-0.2, -0.15) is 4.72 Å². The van der Waals surface area contributed by atoms with Gasteiger partial charge in [-0.05, 0) is 13.0 Å². The molecule has 1 aromatic carbocycles. The Morgan fingerprint density at radius 3 is 2.72 bits per heavy atom. The SMILES string of the molecule is Cc1[nH]c2ccccc2c1S(=O)(=O)NCC(=O)O. The van der Waals surface area contributed by atoms with Crippen molar-refractivity contribution < 1.29 is 18.3 Å². The van der Waals surface area contributed by atoms with Gasteiger partial charge in [0.25, 0.3) is 0 Å². The van der Waals surface area contributed by atoms with Crippen LogP contribution in [0.2, 0.25) is 0 Å². The van der Waals surface area contributed by atoms with E-state index in [0.717, 1.165) is 0 Å². The molecule has 0 amide bonds. The van der Waals surface area contributed by atoms with Gasteiger partial charge >= 0.3 is 5.97 Å². The number of carboxylic acid groups (broad SMARTS) is 1. The molecule has 7 heteroatoms. The number of para-hydroxylation sites is 1. The molecule has 0 unspecified atom stereocenters. The van der Waals surface area contributed by atoms with Crippen LogP contribution in [0.1, 0.15) is 5.69 Å². The molecule has 0 fully saturated rings. The lowest BCUT2D eigenvalue weighted by Gasteiger charge is -2.04. The summed E-state index contributed by atoms with van der Waals surface area (Å²) in [5, 5.41) is 9.07. The Balaban J connectivity index is 2.53. The molecule has 0 aliphatic heterocycles. The molecule has 0 aliphatic rings. The first kappa shape index (κ1) is 12.6. The first-order valence-corrected chi connectivity index (χ1v) is 6.69. The first-order valence-electron chi connectivity index (χ1n) is 5.20. The predicted molar refractivity (Wildman–Crippen MR) is 65.9 cm³/mol. The molecule has 96 valence electrons. The van der Waals surface area contributed by atoms with Gasteiger partial charge < -0.3 is 10.1 Å². The summed E-state index contributed by atoms with van der Waals surface area (Å²) in [6.07, 6.45) is 0. The summed E-state index contributed by atoms with van der Waals surface area (Å²) in [5.41, 5.74) is 1.18. The number of aryl methyl sites for hydroxylation is 1. The molecule has 1 heterocycles. The highest BCUT2D eigenvalue weighted by Crippen LogP contribution is 2.25. The summed E-state index contributed by atoms with van der Waals surface area (Å²) in [7, 11) is -3.83. The van der Waals surface area contributed by atoms with Gasteiger partial charge in [0, 0.05) is 16.6 Å². The van der Waals surface area contributed by atoms with Gasteiger partial charge in [-0.3, -0.25) is 4.79 Å². The number of H-pyrrole nitrogens is 1. The topological polar surface area (TPSA) is 99.3 Å². The molecule has 0 atom stereocenters. The summed E-state index contributed by atoms with van der Waals surface area (Å²) in [4.78, 5) is 13.5. The van der Waals surface area contributed by atoms with Crippen molar-refractivity contribution in [3.05, 3.63) is 30.0 Å². The smallest absolute Gasteiger partial charge is 0.318 e. The quantitative estimate of drug-likeness (QED) is 0.765. The van der Waals surface area contributed by atoms with Gasteiger partial charge in [0.05, 0.1) is 0 Å². The van der Waals surface area contributed by atoms with E-state index in [-0.39, 0.29) is 4.90 Å². The van der Waals surface area contributed by atoms with Crippen LogP contribution >= 0.6 is 0 Å². The molecule has 0 bridgehead atoms. The number of hydrogen-bond acceptors (Lipinski definition) is 3. The van der Waals surface area contributed by atoms with Crippen molar-refractivity contribution in [3.8, 4) is 0 Å². The van der Waals surface area contributed by atoms with E-state index in [4.69, 9.17) is 5.11 Å². The zero-order chi connectivity index (χ0) is 13.3. The van der Waals surface area contributed by atoms with Crippen molar-refractivity contribution >= 4 is 26.9 Å². The molecule has 18 heavy (non-hydrogen) atoms. The Morgan fingerprint density at radius 2 is 2.06 bits per heavy atom. The second kappa shape index (κ2) is 4.43. The standard InChI is InChI=1S/C11H12N2O4S/c1-7-11(18(16,17)12-6-10(14)15)8-4-2-3-5-9(8)13-7/h2-5,12-13H,6H2,1H3,(H,14,15). The third-order valence-corrected chi connectivity index (χ3v) is 4.10. The van der Waals surface area contributed by atoms with Crippen molar-refractivity contribution in [3.63, 3.8) is 0 Å². The number of carbonyl (C=O) groups is 1. The fraction of sp³-hybridized carbons (Fsp3) is 0.182. The number of fused-ring (bicyclic) bond motifs is 1. The maximum absolute atomic E-state index is 12.0. The Hall–Kier alpha value is -1.86. The molecule has 2 rings (SSSR count). The normalized spacial score (nSPS) is 11.8. The molecular formula is C11H12N2O4S. The minimum absolute atomic E-state index is 0.0966. The summed E-state index contributed by atoms with van der Waals surface area (Å²) in [6.45, 7) is 0.997. The van der Waals surface area contributed by atoms with E-state index < -0.39 is 22.5 Å². The van der Waals surface area contributed by atoms with Crippen molar-refractivity contribution in [1.82, 2.24) is 9.71 Å². The number of hydrogen-bond donors (Lipinski definition) is 3. The lowest BCUT2D eigenvalue weighted by atomic mass is 10.2. The molecule has 1 aromatic heterocycles. The van der Waals surface area contributed by atoms with Gasteiger partial charge in [-0.25, -0.2) is 8.42 Å².